The summed E-state index contributed by atoms with van der Waals surface area (Å²) < 4.78 is 0. The van der Waals surface area contributed by atoms with E-state index in [9.17, 15) is 15.0 Å². The molecule has 0 saturated carbocycles. The predicted molar refractivity (Wildman–Crippen MR) is 60.8 cm³/mol. The van der Waals surface area contributed by atoms with Crippen LogP contribution in [0.3, 0.4) is 0 Å². The molecule has 0 saturated heterocycles. The zero-order chi connectivity index (χ0) is 12.1. The van der Waals surface area contributed by atoms with Crippen LogP contribution in [0.25, 0.3) is 0 Å². The van der Waals surface area contributed by atoms with Crippen LogP contribution >= 0.6 is 0 Å². The van der Waals surface area contributed by atoms with Gasteiger partial charge in [-0.25, -0.2) is 0 Å². The minimum absolute atomic E-state index is 0.325. The van der Waals surface area contributed by atoms with Crippen molar-refractivity contribution in [1.82, 2.24) is 0 Å². The van der Waals surface area contributed by atoms with Gasteiger partial charge < -0.3 is 10.2 Å². The normalized spacial score (nSPS) is 16.1. The molecule has 0 aromatic rings. The summed E-state index contributed by atoms with van der Waals surface area (Å²) in [7, 11) is 0. The first-order chi connectivity index (χ1) is 6.77. The first-order valence-corrected chi connectivity index (χ1v) is 5.73. The van der Waals surface area contributed by atoms with Gasteiger partial charge in [-0.3, -0.25) is 4.79 Å². The SMILES string of the molecule is CCCCC(CC)(CC(C)(C)O)C(=O)O. The molecule has 0 fully saturated rings. The Balaban J connectivity index is 4.73. The van der Waals surface area contributed by atoms with Gasteiger partial charge in [0.2, 0.25) is 0 Å². The molecular formula is C12H24O3. The maximum absolute atomic E-state index is 11.3. The van der Waals surface area contributed by atoms with Gasteiger partial charge in [0.05, 0.1) is 11.0 Å². The van der Waals surface area contributed by atoms with E-state index < -0.39 is 17.0 Å². The molecule has 0 aliphatic heterocycles. The number of rotatable bonds is 7. The molecule has 0 aliphatic rings. The smallest absolute Gasteiger partial charge is 0.309 e. The Morgan fingerprint density at radius 3 is 2.07 bits per heavy atom. The molecule has 90 valence electrons. The topological polar surface area (TPSA) is 57.5 Å². The van der Waals surface area contributed by atoms with Crippen LogP contribution in [0, 0.1) is 5.41 Å². The van der Waals surface area contributed by atoms with Crippen LogP contribution < -0.4 is 0 Å². The number of carboxylic acids is 1. The van der Waals surface area contributed by atoms with Crippen LogP contribution in [0.5, 0.6) is 0 Å². The summed E-state index contributed by atoms with van der Waals surface area (Å²) in [6.45, 7) is 7.28. The maximum Gasteiger partial charge on any atom is 0.309 e. The average molecular weight is 216 g/mol. The van der Waals surface area contributed by atoms with Crippen LogP contribution in [0.15, 0.2) is 0 Å². The fourth-order valence-electron chi connectivity index (χ4n) is 2.07. The van der Waals surface area contributed by atoms with E-state index in [1.54, 1.807) is 13.8 Å². The first-order valence-electron chi connectivity index (χ1n) is 5.73. The number of carboxylic acid groups (broad SMARTS) is 1. The van der Waals surface area contributed by atoms with E-state index in [1.165, 1.54) is 0 Å². The molecule has 15 heavy (non-hydrogen) atoms. The third-order valence-corrected chi connectivity index (χ3v) is 2.91. The second kappa shape index (κ2) is 5.50. The predicted octanol–water partition coefficient (Wildman–Crippen LogP) is 2.82. The highest BCUT2D eigenvalue weighted by Crippen LogP contribution is 2.37. The lowest BCUT2D eigenvalue weighted by Crippen LogP contribution is -2.38. The van der Waals surface area contributed by atoms with Gasteiger partial charge in [-0.05, 0) is 33.1 Å². The van der Waals surface area contributed by atoms with E-state index in [0.29, 0.717) is 19.3 Å². The van der Waals surface area contributed by atoms with Crippen molar-refractivity contribution >= 4 is 5.97 Å². The molecule has 0 aromatic heterocycles. The number of hydrogen-bond donors (Lipinski definition) is 2. The molecular weight excluding hydrogens is 192 g/mol. The second-order valence-corrected chi connectivity index (χ2v) is 5.03. The summed E-state index contributed by atoms with van der Waals surface area (Å²) in [6.07, 6.45) is 3.44. The fraction of sp³-hybridized carbons (Fsp3) is 0.917. The van der Waals surface area contributed by atoms with Gasteiger partial charge in [0.1, 0.15) is 0 Å². The van der Waals surface area contributed by atoms with Crippen molar-refractivity contribution in [3.8, 4) is 0 Å². The number of carbonyl (C=O) groups is 1. The Kier molecular flexibility index (Phi) is 5.29. The summed E-state index contributed by atoms with van der Waals surface area (Å²) >= 11 is 0. The zero-order valence-corrected chi connectivity index (χ0v) is 10.3. The molecule has 3 heteroatoms. The maximum atomic E-state index is 11.3. The molecule has 3 nitrogen and oxygen atoms in total. The van der Waals surface area contributed by atoms with Crippen LogP contribution in [-0.2, 0) is 4.79 Å². The van der Waals surface area contributed by atoms with Crippen molar-refractivity contribution in [2.75, 3.05) is 0 Å². The van der Waals surface area contributed by atoms with E-state index in [4.69, 9.17) is 0 Å². The van der Waals surface area contributed by atoms with Crippen molar-refractivity contribution in [2.24, 2.45) is 5.41 Å². The largest absolute Gasteiger partial charge is 0.481 e. The van der Waals surface area contributed by atoms with Crippen molar-refractivity contribution in [3.63, 3.8) is 0 Å². The minimum atomic E-state index is -0.915. The van der Waals surface area contributed by atoms with E-state index in [-0.39, 0.29) is 0 Å². The lowest BCUT2D eigenvalue weighted by molar-refractivity contribution is -0.154. The highest BCUT2D eigenvalue weighted by molar-refractivity contribution is 5.74. The Labute approximate surface area is 92.5 Å². The Morgan fingerprint density at radius 1 is 1.27 bits per heavy atom. The molecule has 0 radical (unpaired) electrons. The fourth-order valence-corrected chi connectivity index (χ4v) is 2.07. The van der Waals surface area contributed by atoms with Crippen LogP contribution in [0.4, 0.5) is 0 Å². The van der Waals surface area contributed by atoms with Crippen molar-refractivity contribution < 1.29 is 15.0 Å². The van der Waals surface area contributed by atoms with E-state index in [1.807, 2.05) is 13.8 Å². The first kappa shape index (κ1) is 14.4. The van der Waals surface area contributed by atoms with Gasteiger partial charge in [0.15, 0.2) is 0 Å². The Morgan fingerprint density at radius 2 is 1.80 bits per heavy atom. The Bertz CT molecular complexity index is 205. The Hall–Kier alpha value is -0.570. The standard InChI is InChI=1S/C12H24O3/c1-5-7-8-12(6-2,10(13)14)9-11(3,4)15/h15H,5-9H2,1-4H3,(H,13,14). The highest BCUT2D eigenvalue weighted by Gasteiger charge is 2.40. The highest BCUT2D eigenvalue weighted by atomic mass is 16.4. The van der Waals surface area contributed by atoms with E-state index >= 15 is 0 Å². The number of hydrogen-bond acceptors (Lipinski definition) is 2. The van der Waals surface area contributed by atoms with Gasteiger partial charge in [-0.1, -0.05) is 26.7 Å². The molecule has 0 heterocycles. The molecule has 0 bridgehead atoms. The van der Waals surface area contributed by atoms with E-state index in [0.717, 1.165) is 12.8 Å². The van der Waals surface area contributed by atoms with Gasteiger partial charge in [0, 0.05) is 0 Å². The molecule has 2 N–H and O–H groups in total. The summed E-state index contributed by atoms with van der Waals surface area (Å²) in [5.74, 6) is -0.777. The monoisotopic (exact) mass is 216 g/mol. The summed E-state index contributed by atoms with van der Waals surface area (Å²) in [4.78, 5) is 11.3. The minimum Gasteiger partial charge on any atom is -0.481 e. The van der Waals surface area contributed by atoms with Crippen LogP contribution in [0.2, 0.25) is 0 Å². The van der Waals surface area contributed by atoms with Gasteiger partial charge in [-0.15, -0.1) is 0 Å². The molecule has 0 aromatic carbocycles. The molecule has 1 atom stereocenters. The second-order valence-electron chi connectivity index (χ2n) is 5.03. The molecule has 0 rings (SSSR count). The van der Waals surface area contributed by atoms with Crippen molar-refractivity contribution in [2.45, 2.75) is 65.4 Å². The summed E-state index contributed by atoms with van der Waals surface area (Å²) in [6, 6.07) is 0. The molecule has 0 aliphatic carbocycles. The van der Waals surface area contributed by atoms with Gasteiger partial charge in [0.25, 0.3) is 0 Å². The lowest BCUT2D eigenvalue weighted by atomic mass is 9.73. The molecule has 0 spiro atoms. The van der Waals surface area contributed by atoms with Gasteiger partial charge >= 0.3 is 5.97 Å². The molecule has 1 unspecified atom stereocenters. The number of aliphatic hydroxyl groups is 1. The third-order valence-electron chi connectivity index (χ3n) is 2.91. The van der Waals surface area contributed by atoms with Crippen molar-refractivity contribution in [3.05, 3.63) is 0 Å². The lowest BCUT2D eigenvalue weighted by Gasteiger charge is -2.33. The molecule has 0 amide bonds. The average Bonchev–Trinajstić information content (AvgIpc) is 2.10. The number of aliphatic carboxylic acids is 1. The van der Waals surface area contributed by atoms with Crippen molar-refractivity contribution in [1.29, 1.82) is 0 Å². The zero-order valence-electron chi connectivity index (χ0n) is 10.3. The quantitative estimate of drug-likeness (QED) is 0.688. The van der Waals surface area contributed by atoms with E-state index in [2.05, 4.69) is 0 Å². The van der Waals surface area contributed by atoms with Crippen LogP contribution in [-0.4, -0.2) is 21.8 Å². The number of unbranched alkanes of at least 4 members (excludes halogenated alkanes) is 1. The van der Waals surface area contributed by atoms with Gasteiger partial charge in [-0.2, -0.15) is 0 Å². The summed E-state index contributed by atoms with van der Waals surface area (Å²) in [5, 5.41) is 19.1. The summed E-state index contributed by atoms with van der Waals surface area (Å²) in [5.41, 5.74) is -1.67. The van der Waals surface area contributed by atoms with Crippen LogP contribution in [0.1, 0.15) is 59.8 Å². The third kappa shape index (κ3) is 4.65.